The summed E-state index contributed by atoms with van der Waals surface area (Å²) in [6.07, 6.45) is 1.91. The van der Waals surface area contributed by atoms with E-state index in [0.29, 0.717) is 0 Å². The smallest absolute Gasteiger partial charge is 0.109 e. The molecule has 0 aliphatic carbocycles. The van der Waals surface area contributed by atoms with Crippen molar-refractivity contribution in [3.63, 3.8) is 0 Å². The van der Waals surface area contributed by atoms with Gasteiger partial charge in [0, 0.05) is 27.8 Å². The number of rotatable bonds is 4. The molecule has 0 saturated heterocycles. The number of aromatic nitrogens is 1. The summed E-state index contributed by atoms with van der Waals surface area (Å²) in [4.78, 5) is 5.63. The molecule has 2 aromatic rings. The lowest BCUT2D eigenvalue weighted by atomic mass is 10.2. The van der Waals surface area contributed by atoms with Crippen molar-refractivity contribution < 1.29 is 0 Å². The molecular weight excluding hydrogens is 310 g/mol. The minimum Gasteiger partial charge on any atom is -0.398 e. The Bertz CT molecular complexity index is 539. The first-order valence-corrected chi connectivity index (χ1v) is 7.37. The van der Waals surface area contributed by atoms with Gasteiger partial charge >= 0.3 is 0 Å². The quantitative estimate of drug-likeness (QED) is 0.843. The lowest BCUT2D eigenvalue weighted by Crippen LogP contribution is -2.17. The number of halogens is 1. The molecule has 0 saturated carbocycles. The predicted molar refractivity (Wildman–Crippen MR) is 80.7 cm³/mol. The first-order chi connectivity index (χ1) is 8.56. The fourth-order valence-electron chi connectivity index (χ4n) is 1.61. The number of aryl methyl sites for hydroxylation is 1. The number of hydrogen-bond donors (Lipinski definition) is 2. The van der Waals surface area contributed by atoms with E-state index < -0.39 is 0 Å². The van der Waals surface area contributed by atoms with Crippen molar-refractivity contribution in [3.8, 4) is 0 Å². The molecular formula is C13H16BrN3S. The zero-order valence-electron chi connectivity index (χ0n) is 10.4. The van der Waals surface area contributed by atoms with Crippen LogP contribution < -0.4 is 11.1 Å². The molecule has 96 valence electrons. The molecule has 0 amide bonds. The lowest BCUT2D eigenvalue weighted by molar-refractivity contribution is 0.572. The number of anilines is 1. The maximum absolute atomic E-state index is 5.76. The van der Waals surface area contributed by atoms with Gasteiger partial charge in [-0.3, -0.25) is 0 Å². The highest BCUT2D eigenvalue weighted by Gasteiger charge is 2.08. The summed E-state index contributed by atoms with van der Waals surface area (Å²) in [6.45, 7) is 5.01. The molecule has 0 radical (unpaired) electrons. The second-order valence-electron chi connectivity index (χ2n) is 4.27. The zero-order valence-corrected chi connectivity index (χ0v) is 12.8. The molecule has 0 spiro atoms. The minimum absolute atomic E-state index is 0.264. The Balaban J connectivity index is 1.97. The Hall–Kier alpha value is -0.910. The number of nitrogens with one attached hydrogen (secondary N) is 1. The summed E-state index contributed by atoms with van der Waals surface area (Å²) in [6, 6.07) is 6.26. The van der Waals surface area contributed by atoms with E-state index >= 15 is 0 Å². The van der Waals surface area contributed by atoms with Crippen LogP contribution in [0, 0.1) is 6.92 Å². The van der Waals surface area contributed by atoms with Crippen LogP contribution in [-0.4, -0.2) is 4.98 Å². The van der Waals surface area contributed by atoms with Gasteiger partial charge in [-0.05, 0) is 47.5 Å². The number of nitrogens with zero attached hydrogens (tertiary/aromatic N) is 1. The van der Waals surface area contributed by atoms with Crippen LogP contribution in [-0.2, 0) is 6.54 Å². The summed E-state index contributed by atoms with van der Waals surface area (Å²) in [5.74, 6) is 0. The van der Waals surface area contributed by atoms with Gasteiger partial charge in [0.25, 0.3) is 0 Å². The van der Waals surface area contributed by atoms with E-state index in [1.165, 1.54) is 10.4 Å². The fraction of sp³-hybridized carbons (Fsp3) is 0.308. The molecule has 1 aromatic carbocycles. The third kappa shape index (κ3) is 3.31. The molecule has 3 nitrogen and oxygen atoms in total. The Morgan fingerprint density at radius 3 is 2.89 bits per heavy atom. The van der Waals surface area contributed by atoms with Crippen LogP contribution in [0.15, 0.2) is 28.9 Å². The third-order valence-electron chi connectivity index (χ3n) is 2.69. The summed E-state index contributed by atoms with van der Waals surface area (Å²) < 4.78 is 0.944. The van der Waals surface area contributed by atoms with E-state index in [1.807, 2.05) is 24.4 Å². The van der Waals surface area contributed by atoms with Crippen LogP contribution in [0.3, 0.4) is 0 Å². The van der Waals surface area contributed by atoms with E-state index in [1.54, 1.807) is 11.3 Å². The van der Waals surface area contributed by atoms with Crippen LogP contribution in [0.5, 0.6) is 0 Å². The van der Waals surface area contributed by atoms with Crippen LogP contribution >= 0.6 is 27.3 Å². The van der Waals surface area contributed by atoms with E-state index in [2.05, 4.69) is 40.1 Å². The third-order valence-corrected chi connectivity index (χ3v) is 4.47. The Morgan fingerprint density at radius 2 is 2.28 bits per heavy atom. The van der Waals surface area contributed by atoms with Gasteiger partial charge in [0.1, 0.15) is 5.01 Å². The molecule has 18 heavy (non-hydrogen) atoms. The van der Waals surface area contributed by atoms with Gasteiger partial charge < -0.3 is 11.1 Å². The average molecular weight is 326 g/mol. The van der Waals surface area contributed by atoms with E-state index in [0.717, 1.165) is 21.7 Å². The molecule has 3 N–H and O–H groups in total. The van der Waals surface area contributed by atoms with Crippen LogP contribution in [0.4, 0.5) is 5.69 Å². The minimum atomic E-state index is 0.264. The van der Waals surface area contributed by atoms with E-state index in [4.69, 9.17) is 5.73 Å². The Kier molecular flexibility index (Phi) is 4.37. The summed E-state index contributed by atoms with van der Waals surface area (Å²) >= 11 is 5.17. The van der Waals surface area contributed by atoms with Gasteiger partial charge in [0.2, 0.25) is 0 Å². The second kappa shape index (κ2) is 5.82. The lowest BCUT2D eigenvalue weighted by Gasteiger charge is -2.11. The van der Waals surface area contributed by atoms with Crippen LogP contribution in [0.2, 0.25) is 0 Å². The summed E-state index contributed by atoms with van der Waals surface area (Å²) in [7, 11) is 0. The highest BCUT2D eigenvalue weighted by atomic mass is 79.9. The molecule has 0 aliphatic heterocycles. The zero-order chi connectivity index (χ0) is 13.1. The Morgan fingerprint density at radius 1 is 1.50 bits per heavy atom. The summed E-state index contributed by atoms with van der Waals surface area (Å²) in [5, 5.41) is 4.59. The van der Waals surface area contributed by atoms with E-state index in [-0.39, 0.29) is 6.04 Å². The standard InChI is InChI=1S/C13H16BrN3S/c1-8-6-17-13(18-8)9(2)16-7-10-3-4-12(15)11(14)5-10/h3-6,9,16H,7,15H2,1-2H3. The van der Waals surface area contributed by atoms with Gasteiger partial charge in [-0.15, -0.1) is 11.3 Å². The SMILES string of the molecule is Cc1cnc(C(C)NCc2ccc(N)c(Br)c2)s1. The number of benzene rings is 1. The molecule has 1 atom stereocenters. The number of nitrogens with two attached hydrogens (primary N) is 1. The van der Waals surface area contributed by atoms with Gasteiger partial charge in [0.15, 0.2) is 0 Å². The van der Waals surface area contributed by atoms with Crippen molar-refractivity contribution in [2.45, 2.75) is 26.4 Å². The first kappa shape index (κ1) is 13.5. The van der Waals surface area contributed by atoms with E-state index in [9.17, 15) is 0 Å². The number of hydrogen-bond acceptors (Lipinski definition) is 4. The Labute approximate surface area is 120 Å². The van der Waals surface area contributed by atoms with Crippen LogP contribution in [0.25, 0.3) is 0 Å². The normalized spacial score (nSPS) is 12.6. The van der Waals surface area contributed by atoms with Gasteiger partial charge in [-0.1, -0.05) is 6.07 Å². The highest BCUT2D eigenvalue weighted by Crippen LogP contribution is 2.22. The molecule has 1 unspecified atom stereocenters. The van der Waals surface area contributed by atoms with Crippen molar-refractivity contribution in [2.24, 2.45) is 0 Å². The highest BCUT2D eigenvalue weighted by molar-refractivity contribution is 9.10. The molecule has 2 rings (SSSR count). The van der Waals surface area contributed by atoms with Crippen LogP contribution in [0.1, 0.15) is 28.4 Å². The van der Waals surface area contributed by atoms with Gasteiger partial charge in [-0.2, -0.15) is 0 Å². The second-order valence-corrected chi connectivity index (χ2v) is 6.39. The topological polar surface area (TPSA) is 50.9 Å². The molecule has 5 heteroatoms. The number of nitrogen functional groups attached to an aromatic ring is 1. The average Bonchev–Trinajstić information content (AvgIpc) is 2.77. The van der Waals surface area contributed by atoms with Crippen molar-refractivity contribution in [3.05, 3.63) is 44.3 Å². The molecule has 1 heterocycles. The monoisotopic (exact) mass is 325 g/mol. The molecule has 0 bridgehead atoms. The first-order valence-electron chi connectivity index (χ1n) is 5.76. The van der Waals surface area contributed by atoms with Crippen molar-refractivity contribution in [2.75, 3.05) is 5.73 Å². The molecule has 1 aromatic heterocycles. The molecule has 0 aliphatic rings. The van der Waals surface area contributed by atoms with Gasteiger partial charge in [-0.25, -0.2) is 4.98 Å². The maximum Gasteiger partial charge on any atom is 0.109 e. The summed E-state index contributed by atoms with van der Waals surface area (Å²) in [5.41, 5.74) is 7.73. The van der Waals surface area contributed by atoms with Crippen molar-refractivity contribution in [1.82, 2.24) is 10.3 Å². The number of thiazole rings is 1. The fourth-order valence-corrected chi connectivity index (χ4v) is 2.84. The maximum atomic E-state index is 5.76. The predicted octanol–water partition coefficient (Wildman–Crippen LogP) is 3.65. The van der Waals surface area contributed by atoms with Crippen molar-refractivity contribution >= 4 is 33.0 Å². The van der Waals surface area contributed by atoms with Gasteiger partial charge in [0.05, 0.1) is 6.04 Å². The molecule has 0 fully saturated rings. The van der Waals surface area contributed by atoms with Crippen molar-refractivity contribution in [1.29, 1.82) is 0 Å². The largest absolute Gasteiger partial charge is 0.398 e.